The zero-order chi connectivity index (χ0) is 12.2. The highest BCUT2D eigenvalue weighted by Gasteiger charge is 2.20. The van der Waals surface area contributed by atoms with Crippen molar-refractivity contribution >= 4 is 12.0 Å². The fraction of sp³-hybridized carbons (Fsp3) is 0.500. The number of aldehydes is 1. The Labute approximate surface area is 98.3 Å². The minimum atomic E-state index is -0.291. The van der Waals surface area contributed by atoms with E-state index >= 15 is 0 Å². The van der Waals surface area contributed by atoms with E-state index in [0.29, 0.717) is 0 Å². The molecule has 0 radical (unpaired) electrons. The molecule has 0 saturated carbocycles. The fourth-order valence-electron chi connectivity index (χ4n) is 1.67. The molecule has 1 aromatic carbocycles. The highest BCUT2D eigenvalue weighted by molar-refractivity contribution is 5.60. The van der Waals surface area contributed by atoms with Gasteiger partial charge in [0, 0.05) is 24.2 Å². The Morgan fingerprint density at radius 3 is 2.25 bits per heavy atom. The fourth-order valence-corrected chi connectivity index (χ4v) is 1.67. The summed E-state index contributed by atoms with van der Waals surface area (Å²) in [5, 5.41) is 0. The summed E-state index contributed by atoms with van der Waals surface area (Å²) < 4.78 is 0. The maximum absolute atomic E-state index is 10.9. The van der Waals surface area contributed by atoms with Gasteiger partial charge in [-0.25, -0.2) is 0 Å². The minimum absolute atomic E-state index is 0.291. The summed E-state index contributed by atoms with van der Waals surface area (Å²) in [6.45, 7) is 9.81. The Balaban J connectivity index is 2.82. The lowest BCUT2D eigenvalue weighted by Crippen LogP contribution is -2.35. The molecule has 0 unspecified atom stereocenters. The van der Waals surface area contributed by atoms with Crippen LogP contribution in [0.5, 0.6) is 0 Å². The highest BCUT2D eigenvalue weighted by Crippen LogP contribution is 2.20. The zero-order valence-electron chi connectivity index (χ0n) is 10.7. The van der Waals surface area contributed by atoms with Crippen LogP contribution >= 0.6 is 0 Å². The molecule has 0 fully saturated rings. The lowest BCUT2D eigenvalue weighted by molar-refractivity contribution is -0.114. The molecule has 88 valence electrons. The van der Waals surface area contributed by atoms with Crippen molar-refractivity contribution in [1.82, 2.24) is 0 Å². The number of anilines is 1. The summed E-state index contributed by atoms with van der Waals surface area (Å²) in [6.07, 6.45) is 1.03. The molecule has 0 bridgehead atoms. The second kappa shape index (κ2) is 5.15. The molecule has 1 rings (SSSR count). The van der Waals surface area contributed by atoms with Crippen molar-refractivity contribution in [2.75, 3.05) is 18.0 Å². The van der Waals surface area contributed by atoms with E-state index in [2.05, 4.69) is 43.0 Å². The van der Waals surface area contributed by atoms with Crippen LogP contribution in [0.15, 0.2) is 24.3 Å². The van der Waals surface area contributed by atoms with Crippen LogP contribution < -0.4 is 4.90 Å². The lowest BCUT2D eigenvalue weighted by Gasteiger charge is -2.30. The molecule has 0 heterocycles. The summed E-state index contributed by atoms with van der Waals surface area (Å²) in [5.41, 5.74) is 2.15. The Morgan fingerprint density at radius 1 is 1.25 bits per heavy atom. The number of aryl methyl sites for hydroxylation is 1. The molecule has 0 aromatic heterocycles. The van der Waals surface area contributed by atoms with Crippen molar-refractivity contribution in [1.29, 1.82) is 0 Å². The van der Waals surface area contributed by atoms with Gasteiger partial charge in [0.05, 0.1) is 0 Å². The van der Waals surface area contributed by atoms with Crippen molar-refractivity contribution in [3.63, 3.8) is 0 Å². The van der Waals surface area contributed by atoms with Gasteiger partial charge in [0.25, 0.3) is 0 Å². The van der Waals surface area contributed by atoms with E-state index in [9.17, 15) is 4.79 Å². The average molecular weight is 219 g/mol. The van der Waals surface area contributed by atoms with E-state index in [1.807, 2.05) is 13.8 Å². The number of carbonyl (C=O) groups excluding carboxylic acids is 1. The third-order valence-corrected chi connectivity index (χ3v) is 2.70. The van der Waals surface area contributed by atoms with Gasteiger partial charge >= 0.3 is 0 Å². The first kappa shape index (κ1) is 12.8. The van der Waals surface area contributed by atoms with Crippen LogP contribution in [0.4, 0.5) is 5.69 Å². The van der Waals surface area contributed by atoms with Crippen molar-refractivity contribution < 1.29 is 4.79 Å². The van der Waals surface area contributed by atoms with E-state index in [1.165, 1.54) is 11.3 Å². The van der Waals surface area contributed by atoms with E-state index in [4.69, 9.17) is 0 Å². The largest absolute Gasteiger partial charge is 0.371 e. The van der Waals surface area contributed by atoms with Crippen molar-refractivity contribution in [2.24, 2.45) is 5.41 Å². The van der Waals surface area contributed by atoms with Gasteiger partial charge in [-0.3, -0.25) is 0 Å². The van der Waals surface area contributed by atoms with Crippen LogP contribution in [0.1, 0.15) is 26.3 Å². The number of hydrogen-bond donors (Lipinski definition) is 0. The Kier molecular flexibility index (Phi) is 4.11. The van der Waals surface area contributed by atoms with Crippen LogP contribution in [-0.2, 0) is 4.79 Å². The predicted octanol–water partition coefficient (Wildman–Crippen LogP) is 3.05. The number of rotatable bonds is 5. The van der Waals surface area contributed by atoms with E-state index in [0.717, 1.165) is 19.4 Å². The second-order valence-corrected chi connectivity index (χ2v) is 4.96. The van der Waals surface area contributed by atoms with Crippen LogP contribution in [0.3, 0.4) is 0 Å². The lowest BCUT2D eigenvalue weighted by atomic mass is 9.95. The topological polar surface area (TPSA) is 20.3 Å². The summed E-state index contributed by atoms with van der Waals surface area (Å²) in [5.74, 6) is 0. The van der Waals surface area contributed by atoms with Gasteiger partial charge in [-0.05, 0) is 26.0 Å². The SMILES string of the molecule is CCN(CC(C)(C)C=O)c1ccc(C)cc1. The number of carbonyl (C=O) groups is 1. The first-order valence-corrected chi connectivity index (χ1v) is 5.76. The molecule has 16 heavy (non-hydrogen) atoms. The molecule has 2 heteroatoms. The summed E-state index contributed by atoms with van der Waals surface area (Å²) >= 11 is 0. The molecule has 0 atom stereocenters. The quantitative estimate of drug-likeness (QED) is 0.709. The van der Waals surface area contributed by atoms with Crippen LogP contribution in [0, 0.1) is 12.3 Å². The van der Waals surface area contributed by atoms with Crippen molar-refractivity contribution in [2.45, 2.75) is 27.7 Å². The first-order chi connectivity index (χ1) is 7.48. The van der Waals surface area contributed by atoms with Gasteiger partial charge in [0.2, 0.25) is 0 Å². The van der Waals surface area contributed by atoms with E-state index in [-0.39, 0.29) is 5.41 Å². The molecule has 0 amide bonds. The zero-order valence-corrected chi connectivity index (χ0v) is 10.7. The molecule has 0 aliphatic rings. The second-order valence-electron chi connectivity index (χ2n) is 4.96. The van der Waals surface area contributed by atoms with Gasteiger partial charge in [-0.15, -0.1) is 0 Å². The average Bonchev–Trinajstić information content (AvgIpc) is 2.27. The summed E-state index contributed by atoms with van der Waals surface area (Å²) in [7, 11) is 0. The molecular formula is C14H21NO. The monoisotopic (exact) mass is 219 g/mol. The Hall–Kier alpha value is -1.31. The number of nitrogens with zero attached hydrogens (tertiary/aromatic N) is 1. The van der Waals surface area contributed by atoms with Crippen LogP contribution in [-0.4, -0.2) is 19.4 Å². The molecule has 0 spiro atoms. The standard InChI is InChI=1S/C14H21NO/c1-5-15(10-14(3,4)11-16)13-8-6-12(2)7-9-13/h6-9,11H,5,10H2,1-4H3. The smallest absolute Gasteiger partial charge is 0.127 e. The first-order valence-electron chi connectivity index (χ1n) is 5.76. The van der Waals surface area contributed by atoms with Gasteiger partial charge in [0.1, 0.15) is 6.29 Å². The van der Waals surface area contributed by atoms with E-state index < -0.39 is 0 Å². The van der Waals surface area contributed by atoms with Crippen molar-refractivity contribution in [3.05, 3.63) is 29.8 Å². The van der Waals surface area contributed by atoms with Crippen LogP contribution in [0.25, 0.3) is 0 Å². The number of hydrogen-bond acceptors (Lipinski definition) is 2. The third kappa shape index (κ3) is 3.37. The maximum Gasteiger partial charge on any atom is 0.127 e. The minimum Gasteiger partial charge on any atom is -0.371 e. The molecule has 0 N–H and O–H groups in total. The van der Waals surface area contributed by atoms with Gasteiger partial charge in [-0.2, -0.15) is 0 Å². The summed E-state index contributed by atoms with van der Waals surface area (Å²) in [6, 6.07) is 8.43. The van der Waals surface area contributed by atoms with Gasteiger partial charge in [0.15, 0.2) is 0 Å². The molecule has 0 aliphatic heterocycles. The van der Waals surface area contributed by atoms with Crippen molar-refractivity contribution in [3.8, 4) is 0 Å². The normalized spacial score (nSPS) is 11.2. The highest BCUT2D eigenvalue weighted by atomic mass is 16.1. The predicted molar refractivity (Wildman–Crippen MR) is 68.9 cm³/mol. The molecule has 0 aliphatic carbocycles. The maximum atomic E-state index is 10.9. The van der Waals surface area contributed by atoms with Gasteiger partial charge < -0.3 is 9.69 Å². The van der Waals surface area contributed by atoms with Crippen LogP contribution in [0.2, 0.25) is 0 Å². The molecule has 1 aromatic rings. The van der Waals surface area contributed by atoms with E-state index in [1.54, 1.807) is 0 Å². The number of benzene rings is 1. The molecular weight excluding hydrogens is 198 g/mol. The molecule has 0 saturated heterocycles. The summed E-state index contributed by atoms with van der Waals surface area (Å²) in [4.78, 5) is 13.2. The Bertz CT molecular complexity index is 340. The third-order valence-electron chi connectivity index (χ3n) is 2.70. The Morgan fingerprint density at radius 2 is 1.81 bits per heavy atom. The van der Waals surface area contributed by atoms with Gasteiger partial charge in [-0.1, -0.05) is 31.5 Å². The molecule has 2 nitrogen and oxygen atoms in total.